The number of rotatable bonds is 6. The van der Waals surface area contributed by atoms with Gasteiger partial charge in [-0.3, -0.25) is 0 Å². The molecule has 0 saturated heterocycles. The van der Waals surface area contributed by atoms with Gasteiger partial charge in [-0.15, -0.1) is 11.3 Å². The van der Waals surface area contributed by atoms with E-state index in [0.717, 1.165) is 11.3 Å². The van der Waals surface area contributed by atoms with Crippen molar-refractivity contribution in [3.05, 3.63) is 64.7 Å². The number of nitrogens with zero attached hydrogens (tertiary/aromatic N) is 1. The van der Waals surface area contributed by atoms with Crippen LogP contribution in [0.25, 0.3) is 0 Å². The van der Waals surface area contributed by atoms with Gasteiger partial charge in [-0.2, -0.15) is 0 Å². The standard InChI is InChI=1S/C18H17N3O3S2/c1-2-23-17(22)14-11-13(10-12-6-4-3-5-7-12)26-16(14)20-18(25)19-15-8-9-24-21-15/h3-9,11H,2,10H2,1H3,(H2,19,20,21,25). The molecule has 2 N–H and O–H groups in total. The molecule has 0 radical (unpaired) electrons. The van der Waals surface area contributed by atoms with Crippen molar-refractivity contribution < 1.29 is 14.1 Å². The second kappa shape index (κ2) is 8.59. The van der Waals surface area contributed by atoms with Gasteiger partial charge in [0.2, 0.25) is 0 Å². The number of nitrogens with one attached hydrogen (secondary N) is 2. The molecule has 3 aromatic rings. The van der Waals surface area contributed by atoms with Crippen LogP contribution in [0.3, 0.4) is 0 Å². The number of hydrogen-bond acceptors (Lipinski definition) is 6. The van der Waals surface area contributed by atoms with E-state index in [9.17, 15) is 4.79 Å². The summed E-state index contributed by atoms with van der Waals surface area (Å²) >= 11 is 6.75. The number of esters is 1. The Kier molecular flexibility index (Phi) is 5.98. The van der Waals surface area contributed by atoms with Crippen LogP contribution in [-0.2, 0) is 11.2 Å². The molecule has 0 aliphatic heterocycles. The van der Waals surface area contributed by atoms with Crippen molar-refractivity contribution in [1.29, 1.82) is 0 Å². The Morgan fingerprint density at radius 3 is 2.77 bits per heavy atom. The Balaban J connectivity index is 1.79. The summed E-state index contributed by atoms with van der Waals surface area (Å²) in [5.74, 6) is 0.107. The number of ether oxygens (including phenoxy) is 1. The van der Waals surface area contributed by atoms with Crippen LogP contribution in [0.5, 0.6) is 0 Å². The molecule has 0 unspecified atom stereocenters. The third-order valence-corrected chi connectivity index (χ3v) is 4.66. The van der Waals surface area contributed by atoms with E-state index in [2.05, 4.69) is 15.8 Å². The van der Waals surface area contributed by atoms with Crippen molar-refractivity contribution in [2.24, 2.45) is 0 Å². The Morgan fingerprint density at radius 1 is 1.27 bits per heavy atom. The van der Waals surface area contributed by atoms with Crippen LogP contribution in [-0.4, -0.2) is 22.8 Å². The van der Waals surface area contributed by atoms with Crippen LogP contribution in [0.15, 0.2) is 53.3 Å². The predicted octanol–water partition coefficient (Wildman–Crippen LogP) is 4.31. The summed E-state index contributed by atoms with van der Waals surface area (Å²) in [6, 6.07) is 13.5. The van der Waals surface area contributed by atoms with Crippen LogP contribution in [0.4, 0.5) is 10.8 Å². The van der Waals surface area contributed by atoms with Crippen molar-refractivity contribution in [2.45, 2.75) is 13.3 Å². The SMILES string of the molecule is CCOC(=O)c1cc(Cc2ccccc2)sc1NC(=S)Nc1ccon1. The minimum absolute atomic E-state index is 0.309. The molecule has 0 saturated carbocycles. The zero-order chi connectivity index (χ0) is 18.4. The molecular weight excluding hydrogens is 370 g/mol. The first kappa shape index (κ1) is 18.1. The van der Waals surface area contributed by atoms with Crippen LogP contribution < -0.4 is 10.6 Å². The second-order valence-electron chi connectivity index (χ2n) is 5.30. The molecule has 26 heavy (non-hydrogen) atoms. The summed E-state index contributed by atoms with van der Waals surface area (Å²) in [6.07, 6.45) is 2.17. The quantitative estimate of drug-likeness (QED) is 0.482. The first-order valence-corrected chi connectivity index (χ1v) is 9.20. The van der Waals surface area contributed by atoms with Gasteiger partial charge in [0.1, 0.15) is 11.3 Å². The fraction of sp³-hybridized carbons (Fsp3) is 0.167. The first-order valence-electron chi connectivity index (χ1n) is 7.98. The molecular formula is C18H17N3O3S2. The fourth-order valence-electron chi connectivity index (χ4n) is 2.31. The summed E-state index contributed by atoms with van der Waals surface area (Å²) < 4.78 is 9.91. The average molecular weight is 387 g/mol. The molecule has 8 heteroatoms. The van der Waals surface area contributed by atoms with Crippen LogP contribution in [0, 0.1) is 0 Å². The Hall–Kier alpha value is -2.71. The minimum atomic E-state index is -0.380. The summed E-state index contributed by atoms with van der Waals surface area (Å²) in [6.45, 7) is 2.09. The van der Waals surface area contributed by atoms with Crippen molar-refractivity contribution >= 4 is 45.5 Å². The topological polar surface area (TPSA) is 76.4 Å². The molecule has 0 spiro atoms. The highest BCUT2D eigenvalue weighted by atomic mass is 32.1. The zero-order valence-electron chi connectivity index (χ0n) is 14.0. The fourth-order valence-corrected chi connectivity index (χ4v) is 3.66. The number of thiocarbonyl (C=S) groups is 1. The molecule has 6 nitrogen and oxygen atoms in total. The normalized spacial score (nSPS) is 10.3. The highest BCUT2D eigenvalue weighted by molar-refractivity contribution is 7.80. The number of benzene rings is 1. The molecule has 2 aromatic heterocycles. The Labute approximate surface area is 160 Å². The number of carbonyl (C=O) groups is 1. The van der Waals surface area contributed by atoms with E-state index in [1.807, 2.05) is 36.4 Å². The zero-order valence-corrected chi connectivity index (χ0v) is 15.7. The van der Waals surface area contributed by atoms with E-state index in [4.69, 9.17) is 21.5 Å². The van der Waals surface area contributed by atoms with Crippen LogP contribution in [0.1, 0.15) is 27.7 Å². The third kappa shape index (κ3) is 4.68. The minimum Gasteiger partial charge on any atom is -0.462 e. The summed E-state index contributed by atoms with van der Waals surface area (Å²) in [4.78, 5) is 13.3. The predicted molar refractivity (Wildman–Crippen MR) is 106 cm³/mol. The highest BCUT2D eigenvalue weighted by Gasteiger charge is 2.18. The lowest BCUT2D eigenvalue weighted by Crippen LogP contribution is -2.20. The summed E-state index contributed by atoms with van der Waals surface area (Å²) in [7, 11) is 0. The molecule has 3 rings (SSSR count). The molecule has 0 aliphatic carbocycles. The van der Waals surface area contributed by atoms with Gasteiger partial charge in [-0.1, -0.05) is 35.5 Å². The van der Waals surface area contributed by atoms with Gasteiger partial charge in [-0.05, 0) is 30.8 Å². The van der Waals surface area contributed by atoms with E-state index in [1.54, 1.807) is 13.0 Å². The van der Waals surface area contributed by atoms with Gasteiger partial charge in [0, 0.05) is 17.4 Å². The van der Waals surface area contributed by atoms with Gasteiger partial charge in [0.15, 0.2) is 10.9 Å². The lowest BCUT2D eigenvalue weighted by Gasteiger charge is -2.08. The van der Waals surface area contributed by atoms with Crippen LogP contribution in [0.2, 0.25) is 0 Å². The number of carbonyl (C=O) groups excluding carboxylic acids is 1. The average Bonchev–Trinajstić information content (AvgIpc) is 3.26. The maximum Gasteiger partial charge on any atom is 0.341 e. The van der Waals surface area contributed by atoms with Crippen molar-refractivity contribution in [3.63, 3.8) is 0 Å². The molecule has 134 valence electrons. The van der Waals surface area contributed by atoms with Gasteiger partial charge in [0.25, 0.3) is 0 Å². The van der Waals surface area contributed by atoms with Crippen LogP contribution >= 0.6 is 23.6 Å². The van der Waals surface area contributed by atoms with Crippen molar-refractivity contribution in [2.75, 3.05) is 17.2 Å². The second-order valence-corrected chi connectivity index (χ2v) is 6.85. The van der Waals surface area contributed by atoms with Crippen molar-refractivity contribution in [1.82, 2.24) is 5.16 Å². The largest absolute Gasteiger partial charge is 0.462 e. The molecule has 0 aliphatic rings. The monoisotopic (exact) mass is 387 g/mol. The van der Waals surface area contributed by atoms with E-state index < -0.39 is 0 Å². The van der Waals surface area contributed by atoms with Crippen molar-refractivity contribution in [3.8, 4) is 0 Å². The molecule has 0 atom stereocenters. The number of aromatic nitrogens is 1. The lowest BCUT2D eigenvalue weighted by atomic mass is 10.1. The summed E-state index contributed by atoms with van der Waals surface area (Å²) in [5.41, 5.74) is 1.63. The molecule has 0 fully saturated rings. The lowest BCUT2D eigenvalue weighted by molar-refractivity contribution is 0.0528. The molecule has 1 aromatic carbocycles. The molecule has 0 bridgehead atoms. The number of hydrogen-bond donors (Lipinski definition) is 2. The molecule has 2 heterocycles. The van der Waals surface area contributed by atoms with E-state index in [-0.39, 0.29) is 5.97 Å². The first-order chi connectivity index (χ1) is 12.7. The number of thiophene rings is 1. The highest BCUT2D eigenvalue weighted by Crippen LogP contribution is 2.30. The summed E-state index contributed by atoms with van der Waals surface area (Å²) in [5, 5.41) is 10.6. The number of anilines is 2. The van der Waals surface area contributed by atoms with E-state index >= 15 is 0 Å². The van der Waals surface area contributed by atoms with E-state index in [1.165, 1.54) is 23.2 Å². The Bertz CT molecular complexity index is 876. The maximum atomic E-state index is 12.3. The van der Waals surface area contributed by atoms with Gasteiger partial charge in [0.05, 0.1) is 12.2 Å². The van der Waals surface area contributed by atoms with Gasteiger partial charge >= 0.3 is 5.97 Å². The van der Waals surface area contributed by atoms with E-state index in [0.29, 0.717) is 28.1 Å². The molecule has 0 amide bonds. The van der Waals surface area contributed by atoms with Gasteiger partial charge < -0.3 is 19.9 Å². The third-order valence-electron chi connectivity index (χ3n) is 3.41. The van der Waals surface area contributed by atoms with Gasteiger partial charge in [-0.25, -0.2) is 4.79 Å². The maximum absolute atomic E-state index is 12.3. The smallest absolute Gasteiger partial charge is 0.341 e. The Morgan fingerprint density at radius 2 is 2.08 bits per heavy atom.